The smallest absolute Gasteiger partial charge is 0.478 e. The molecule has 0 atom stereocenters. The zero-order valence-corrected chi connectivity index (χ0v) is 20.0. The molecule has 0 unspecified atom stereocenters. The molecule has 3 rings (SSSR count). The van der Waals surface area contributed by atoms with Crippen LogP contribution in [0.2, 0.25) is 0 Å². The molecule has 12 heteroatoms. The number of hydrogen-bond donors (Lipinski definition) is 3. The summed E-state index contributed by atoms with van der Waals surface area (Å²) in [6.07, 6.45) is -3.68. The number of carboxylic acid groups (broad SMARTS) is 2. The Bertz CT molecular complexity index is 1080. The number of carboxylic acids is 2. The molecule has 0 amide bonds. The van der Waals surface area contributed by atoms with E-state index in [0.29, 0.717) is 13.0 Å². The molecule has 1 fully saturated rings. The van der Waals surface area contributed by atoms with Crippen molar-refractivity contribution in [1.29, 1.82) is 5.26 Å². The van der Waals surface area contributed by atoms with Crippen molar-refractivity contribution in [2.24, 2.45) is 4.99 Å². The van der Waals surface area contributed by atoms with E-state index in [2.05, 4.69) is 33.3 Å². The second kappa shape index (κ2) is 14.4. The maximum absolute atomic E-state index is 11.1. The first-order chi connectivity index (χ1) is 17.6. The van der Waals surface area contributed by atoms with Gasteiger partial charge >= 0.3 is 18.1 Å². The van der Waals surface area contributed by atoms with Crippen molar-refractivity contribution in [3.63, 3.8) is 0 Å². The van der Waals surface area contributed by atoms with Gasteiger partial charge in [0.2, 0.25) is 0 Å². The van der Waals surface area contributed by atoms with E-state index in [4.69, 9.17) is 25.3 Å². The van der Waals surface area contributed by atoms with Gasteiger partial charge in [0.15, 0.2) is 5.96 Å². The summed E-state index contributed by atoms with van der Waals surface area (Å²) in [5, 5.41) is 28.4. The number of aliphatic carboxylic acids is 1. The SMILES string of the molecule is N#CCCN1CCN(C(=NCCc2ccccc2)Nc2ccc(C(=O)O)cc2)CC1.O=C(O)C(F)(F)F. The van der Waals surface area contributed by atoms with Gasteiger partial charge < -0.3 is 20.4 Å². The highest BCUT2D eigenvalue weighted by atomic mass is 19.4. The zero-order valence-electron chi connectivity index (χ0n) is 20.0. The Kier molecular flexibility index (Phi) is 11.4. The number of anilines is 1. The molecule has 0 aliphatic carbocycles. The topological polar surface area (TPSA) is 129 Å². The fourth-order valence-electron chi connectivity index (χ4n) is 3.37. The molecule has 198 valence electrons. The summed E-state index contributed by atoms with van der Waals surface area (Å²) in [5.74, 6) is -2.90. The van der Waals surface area contributed by atoms with E-state index in [1.165, 1.54) is 5.56 Å². The van der Waals surface area contributed by atoms with Gasteiger partial charge in [-0.1, -0.05) is 30.3 Å². The van der Waals surface area contributed by atoms with Crippen LogP contribution in [0.1, 0.15) is 22.3 Å². The molecule has 1 heterocycles. The van der Waals surface area contributed by atoms with E-state index in [1.54, 1.807) is 24.3 Å². The van der Waals surface area contributed by atoms with Crippen molar-refractivity contribution in [3.8, 4) is 6.07 Å². The van der Waals surface area contributed by atoms with Gasteiger partial charge in [-0.25, -0.2) is 9.59 Å². The molecule has 0 spiro atoms. The summed E-state index contributed by atoms with van der Waals surface area (Å²) < 4.78 is 31.7. The molecule has 0 aromatic heterocycles. The summed E-state index contributed by atoms with van der Waals surface area (Å²) in [4.78, 5) is 29.3. The zero-order chi connectivity index (χ0) is 27.3. The van der Waals surface area contributed by atoms with Gasteiger partial charge in [-0.2, -0.15) is 18.4 Å². The highest BCUT2D eigenvalue weighted by Crippen LogP contribution is 2.14. The first-order valence-corrected chi connectivity index (χ1v) is 11.4. The first-order valence-electron chi connectivity index (χ1n) is 11.4. The summed E-state index contributed by atoms with van der Waals surface area (Å²) >= 11 is 0. The predicted octanol–water partition coefficient (Wildman–Crippen LogP) is 3.56. The van der Waals surface area contributed by atoms with Crippen LogP contribution in [0.5, 0.6) is 0 Å². The monoisotopic (exact) mass is 519 g/mol. The maximum atomic E-state index is 11.1. The molecular weight excluding hydrogens is 491 g/mol. The van der Waals surface area contributed by atoms with Crippen LogP contribution >= 0.6 is 0 Å². The number of guanidine groups is 1. The lowest BCUT2D eigenvalue weighted by Gasteiger charge is -2.36. The highest BCUT2D eigenvalue weighted by molar-refractivity contribution is 5.94. The average Bonchev–Trinajstić information content (AvgIpc) is 2.88. The van der Waals surface area contributed by atoms with Gasteiger partial charge in [0.05, 0.1) is 11.6 Å². The second-order valence-electron chi connectivity index (χ2n) is 7.99. The number of carbonyl (C=O) groups is 2. The number of nitrogens with one attached hydrogen (secondary N) is 1. The Balaban J connectivity index is 0.000000604. The number of aliphatic imine (C=N–C) groups is 1. The van der Waals surface area contributed by atoms with Crippen LogP contribution < -0.4 is 5.32 Å². The molecule has 37 heavy (non-hydrogen) atoms. The van der Waals surface area contributed by atoms with Gasteiger partial charge in [0.25, 0.3) is 0 Å². The Morgan fingerprint density at radius 2 is 1.59 bits per heavy atom. The van der Waals surface area contributed by atoms with Crippen molar-refractivity contribution in [1.82, 2.24) is 9.80 Å². The predicted molar refractivity (Wildman–Crippen MR) is 131 cm³/mol. The molecule has 1 saturated heterocycles. The summed E-state index contributed by atoms with van der Waals surface area (Å²) in [6.45, 7) is 4.90. The normalized spacial score (nSPS) is 14.2. The molecule has 0 bridgehead atoms. The first kappa shape index (κ1) is 29.1. The molecule has 9 nitrogen and oxygen atoms in total. The van der Waals surface area contributed by atoms with Crippen LogP contribution in [0.15, 0.2) is 59.6 Å². The minimum atomic E-state index is -5.08. The highest BCUT2D eigenvalue weighted by Gasteiger charge is 2.38. The van der Waals surface area contributed by atoms with Crippen LogP contribution in [-0.2, 0) is 11.2 Å². The van der Waals surface area contributed by atoms with E-state index in [9.17, 15) is 18.0 Å². The van der Waals surface area contributed by atoms with Crippen LogP contribution in [0, 0.1) is 11.3 Å². The van der Waals surface area contributed by atoms with Gasteiger partial charge in [-0.15, -0.1) is 0 Å². The summed E-state index contributed by atoms with van der Waals surface area (Å²) in [5.41, 5.74) is 2.31. The Hall–Kier alpha value is -4.11. The molecule has 0 radical (unpaired) electrons. The number of aromatic carboxylic acids is 1. The van der Waals surface area contributed by atoms with Gasteiger partial charge in [-0.3, -0.25) is 9.89 Å². The molecule has 3 N–H and O–H groups in total. The molecular formula is C25H28F3N5O4. The van der Waals surface area contributed by atoms with Gasteiger partial charge in [0.1, 0.15) is 0 Å². The largest absolute Gasteiger partial charge is 0.490 e. The van der Waals surface area contributed by atoms with Crippen molar-refractivity contribution in [2.75, 3.05) is 44.6 Å². The lowest BCUT2D eigenvalue weighted by molar-refractivity contribution is -0.192. The molecule has 0 saturated carbocycles. The van der Waals surface area contributed by atoms with E-state index < -0.39 is 18.1 Å². The van der Waals surface area contributed by atoms with E-state index >= 15 is 0 Å². The minimum absolute atomic E-state index is 0.259. The number of benzene rings is 2. The maximum Gasteiger partial charge on any atom is 0.490 e. The lowest BCUT2D eigenvalue weighted by atomic mass is 10.2. The van der Waals surface area contributed by atoms with Crippen molar-refractivity contribution in [3.05, 3.63) is 65.7 Å². The Morgan fingerprint density at radius 3 is 2.11 bits per heavy atom. The number of nitrogens with zero attached hydrogens (tertiary/aromatic N) is 4. The number of rotatable bonds is 7. The van der Waals surface area contributed by atoms with Crippen LogP contribution in [-0.4, -0.2) is 83.4 Å². The van der Waals surface area contributed by atoms with Crippen molar-refractivity contribution < 1.29 is 33.0 Å². The number of alkyl halides is 3. The fourth-order valence-corrected chi connectivity index (χ4v) is 3.37. The third kappa shape index (κ3) is 10.6. The van der Waals surface area contributed by atoms with Gasteiger partial charge in [0, 0.05) is 51.4 Å². The van der Waals surface area contributed by atoms with E-state index in [-0.39, 0.29) is 5.56 Å². The minimum Gasteiger partial charge on any atom is -0.478 e. The second-order valence-corrected chi connectivity index (χ2v) is 7.99. The number of piperazine rings is 1. The van der Waals surface area contributed by atoms with Crippen LogP contribution in [0.25, 0.3) is 0 Å². The van der Waals surface area contributed by atoms with E-state index in [0.717, 1.165) is 50.8 Å². The third-order valence-electron chi connectivity index (χ3n) is 5.35. The van der Waals surface area contributed by atoms with E-state index in [1.807, 2.05) is 18.2 Å². The number of hydrogen-bond acceptors (Lipinski definition) is 5. The van der Waals surface area contributed by atoms with Crippen LogP contribution in [0.3, 0.4) is 0 Å². The Morgan fingerprint density at radius 1 is 1.00 bits per heavy atom. The average molecular weight is 520 g/mol. The molecule has 2 aromatic rings. The lowest BCUT2D eigenvalue weighted by Crippen LogP contribution is -2.50. The standard InChI is InChI=1S/C23H27N5O2.C2HF3O2/c24-12-4-14-27-15-17-28(18-16-27)23(25-13-11-19-5-2-1-3-6-19)26-21-9-7-20(8-10-21)22(29)30;3-2(4,5)1(6)7/h1-3,5-10H,4,11,13-18H2,(H,25,26)(H,29,30);(H,6,7). The van der Waals surface area contributed by atoms with Gasteiger partial charge in [-0.05, 0) is 36.2 Å². The molecule has 1 aliphatic heterocycles. The van der Waals surface area contributed by atoms with Crippen molar-refractivity contribution in [2.45, 2.75) is 19.0 Å². The fraction of sp³-hybridized carbons (Fsp3) is 0.360. The summed E-state index contributed by atoms with van der Waals surface area (Å²) in [6, 6.07) is 19.2. The quantitative estimate of drug-likeness (QED) is 0.374. The van der Waals surface area contributed by atoms with Crippen LogP contribution in [0.4, 0.5) is 18.9 Å². The molecule has 2 aromatic carbocycles. The van der Waals surface area contributed by atoms with Crippen molar-refractivity contribution >= 4 is 23.6 Å². The Labute approximate surface area is 212 Å². The number of nitriles is 1. The number of halogens is 3. The third-order valence-corrected chi connectivity index (χ3v) is 5.35. The summed E-state index contributed by atoms with van der Waals surface area (Å²) in [7, 11) is 0. The molecule has 1 aliphatic rings.